The fourth-order valence-electron chi connectivity index (χ4n) is 6.79. The van der Waals surface area contributed by atoms with Gasteiger partial charge in [0.25, 0.3) is 0 Å². The van der Waals surface area contributed by atoms with Crippen LogP contribution in [0.5, 0.6) is 5.75 Å². The number of hydrogen-bond acceptors (Lipinski definition) is 6. The molecular formula is C31H36N6O2. The van der Waals surface area contributed by atoms with Gasteiger partial charge in [0.15, 0.2) is 0 Å². The van der Waals surface area contributed by atoms with Crippen LogP contribution < -0.4 is 9.64 Å². The zero-order chi connectivity index (χ0) is 27.3. The van der Waals surface area contributed by atoms with Gasteiger partial charge in [-0.15, -0.1) is 0 Å². The standard InChI is InChI=1S/C31H36N6O2/c1-5-28(38)37-19-31(20-37)10-12-36(18-31)27-14-24(39-17-23-7-6-11-34(23)3)13-25(26(27)15-32)29-21(2)8-9-22-16-33-35(4)30(22)29/h5,8-9,13-14,16,23H,1,6-7,10-12,17-20H2,2-4H3. The zero-order valence-corrected chi connectivity index (χ0v) is 23.1. The van der Waals surface area contributed by atoms with Gasteiger partial charge in [-0.05, 0) is 57.5 Å². The lowest BCUT2D eigenvalue weighted by Crippen LogP contribution is -2.59. The van der Waals surface area contributed by atoms with Crippen LogP contribution in [0.15, 0.2) is 43.1 Å². The highest BCUT2D eigenvalue weighted by Crippen LogP contribution is 2.45. The minimum atomic E-state index is -0.00824. The molecule has 39 heavy (non-hydrogen) atoms. The molecule has 3 aliphatic heterocycles. The predicted molar refractivity (Wildman–Crippen MR) is 153 cm³/mol. The average Bonchev–Trinajstić information content (AvgIpc) is 3.64. The van der Waals surface area contributed by atoms with E-state index >= 15 is 0 Å². The smallest absolute Gasteiger partial charge is 0.245 e. The fourth-order valence-corrected chi connectivity index (χ4v) is 6.79. The monoisotopic (exact) mass is 524 g/mol. The molecule has 1 spiro atoms. The fraction of sp³-hybridized carbons (Fsp3) is 0.452. The van der Waals surface area contributed by atoms with Crippen molar-refractivity contribution in [1.29, 1.82) is 5.26 Å². The van der Waals surface area contributed by atoms with Crippen LogP contribution in [0.2, 0.25) is 0 Å². The van der Waals surface area contributed by atoms with Crippen molar-refractivity contribution in [3.05, 3.63) is 54.2 Å². The Morgan fingerprint density at radius 1 is 1.26 bits per heavy atom. The summed E-state index contributed by atoms with van der Waals surface area (Å²) in [5.74, 6) is 0.780. The molecule has 1 unspecified atom stereocenters. The zero-order valence-electron chi connectivity index (χ0n) is 23.1. The Kier molecular flexibility index (Phi) is 6.35. The largest absolute Gasteiger partial charge is 0.492 e. The first-order valence-electron chi connectivity index (χ1n) is 13.8. The van der Waals surface area contributed by atoms with Gasteiger partial charge >= 0.3 is 0 Å². The molecule has 0 N–H and O–H groups in total. The van der Waals surface area contributed by atoms with Crippen molar-refractivity contribution in [2.24, 2.45) is 12.5 Å². The molecule has 2 aromatic carbocycles. The Hall–Kier alpha value is -3.83. The number of rotatable bonds is 6. The first-order valence-corrected chi connectivity index (χ1v) is 13.8. The maximum absolute atomic E-state index is 12.1. The predicted octanol–water partition coefficient (Wildman–Crippen LogP) is 4.12. The van der Waals surface area contributed by atoms with Crippen LogP contribution in [0.25, 0.3) is 22.0 Å². The number of hydrogen-bond donors (Lipinski definition) is 0. The van der Waals surface area contributed by atoms with E-state index in [-0.39, 0.29) is 11.3 Å². The molecule has 6 rings (SSSR count). The highest BCUT2D eigenvalue weighted by Gasteiger charge is 2.49. The van der Waals surface area contributed by atoms with Gasteiger partial charge in [0, 0.05) is 67.3 Å². The molecule has 8 heteroatoms. The molecule has 0 saturated carbocycles. The van der Waals surface area contributed by atoms with Crippen molar-refractivity contribution in [3.8, 4) is 22.9 Å². The highest BCUT2D eigenvalue weighted by molar-refractivity contribution is 5.98. The van der Waals surface area contributed by atoms with Crippen LogP contribution >= 0.6 is 0 Å². The Balaban J connectivity index is 1.42. The number of fused-ring (bicyclic) bond motifs is 1. The number of ether oxygens (including phenoxy) is 1. The summed E-state index contributed by atoms with van der Waals surface area (Å²) in [6.45, 7) is 10.6. The van der Waals surface area contributed by atoms with Gasteiger partial charge < -0.3 is 19.4 Å². The molecule has 3 aliphatic rings. The van der Waals surface area contributed by atoms with Crippen molar-refractivity contribution >= 4 is 22.5 Å². The molecule has 202 valence electrons. The number of carbonyl (C=O) groups excluding carboxylic acids is 1. The quantitative estimate of drug-likeness (QED) is 0.452. The number of amides is 1. The molecule has 1 amide bonds. The second kappa shape index (κ2) is 9.73. The Labute approximate surface area is 230 Å². The molecule has 3 saturated heterocycles. The number of carbonyl (C=O) groups is 1. The molecule has 8 nitrogen and oxygen atoms in total. The first-order chi connectivity index (χ1) is 18.8. The van der Waals surface area contributed by atoms with Crippen molar-refractivity contribution < 1.29 is 9.53 Å². The minimum Gasteiger partial charge on any atom is -0.492 e. The van der Waals surface area contributed by atoms with E-state index < -0.39 is 0 Å². The van der Waals surface area contributed by atoms with E-state index in [4.69, 9.17) is 4.74 Å². The number of aromatic nitrogens is 2. The lowest BCUT2D eigenvalue weighted by atomic mass is 9.79. The van der Waals surface area contributed by atoms with Gasteiger partial charge in [0.2, 0.25) is 5.91 Å². The van der Waals surface area contributed by atoms with Crippen LogP contribution in [0.1, 0.15) is 30.4 Å². The second-order valence-corrected chi connectivity index (χ2v) is 11.6. The lowest BCUT2D eigenvalue weighted by molar-refractivity contribution is -0.136. The van der Waals surface area contributed by atoms with Gasteiger partial charge in [0.05, 0.1) is 23.0 Å². The van der Waals surface area contributed by atoms with E-state index in [0.29, 0.717) is 18.2 Å². The van der Waals surface area contributed by atoms with Crippen molar-refractivity contribution in [3.63, 3.8) is 0 Å². The third-order valence-electron chi connectivity index (χ3n) is 9.02. The first kappa shape index (κ1) is 25.4. The van der Waals surface area contributed by atoms with E-state index in [9.17, 15) is 10.1 Å². The second-order valence-electron chi connectivity index (χ2n) is 11.6. The summed E-state index contributed by atoms with van der Waals surface area (Å²) >= 11 is 0. The van der Waals surface area contributed by atoms with Gasteiger partial charge in [-0.3, -0.25) is 9.48 Å². The average molecular weight is 525 g/mol. The third-order valence-corrected chi connectivity index (χ3v) is 9.02. The molecule has 4 heterocycles. The maximum atomic E-state index is 12.1. The maximum Gasteiger partial charge on any atom is 0.245 e. The lowest BCUT2D eigenvalue weighted by Gasteiger charge is -2.47. The number of aryl methyl sites for hydroxylation is 2. The SMILES string of the molecule is C=CC(=O)N1CC2(CCN(c3cc(OCC4CCCN4C)cc(-c4c(C)ccc5cnn(C)c45)c3C#N)C2)C1. The summed E-state index contributed by atoms with van der Waals surface area (Å²) in [5, 5.41) is 16.1. The van der Waals surface area contributed by atoms with Gasteiger partial charge in [-0.2, -0.15) is 10.4 Å². The summed E-state index contributed by atoms with van der Waals surface area (Å²) < 4.78 is 8.37. The highest BCUT2D eigenvalue weighted by atomic mass is 16.5. The third kappa shape index (κ3) is 4.35. The van der Waals surface area contributed by atoms with E-state index in [2.05, 4.69) is 59.7 Å². The van der Waals surface area contributed by atoms with Crippen molar-refractivity contribution in [1.82, 2.24) is 19.6 Å². The van der Waals surface area contributed by atoms with Crippen LogP contribution in [0.3, 0.4) is 0 Å². The summed E-state index contributed by atoms with van der Waals surface area (Å²) in [5.41, 5.74) is 5.65. The molecule has 0 aliphatic carbocycles. The molecule has 3 aromatic rings. The van der Waals surface area contributed by atoms with Crippen LogP contribution in [-0.4, -0.2) is 77.9 Å². The molecule has 1 atom stereocenters. The number of nitrogens with zero attached hydrogens (tertiary/aromatic N) is 6. The minimum absolute atomic E-state index is 0.00824. The number of likely N-dealkylation sites (N-methyl/N-ethyl adjacent to an activating group) is 1. The summed E-state index contributed by atoms with van der Waals surface area (Å²) in [7, 11) is 4.11. The Morgan fingerprint density at radius 3 is 2.79 bits per heavy atom. The summed E-state index contributed by atoms with van der Waals surface area (Å²) in [6, 6.07) is 11.2. The van der Waals surface area contributed by atoms with Crippen LogP contribution in [0, 0.1) is 23.7 Å². The number of anilines is 1. The summed E-state index contributed by atoms with van der Waals surface area (Å²) in [6.07, 6.45) is 6.58. The number of benzene rings is 2. The van der Waals surface area contributed by atoms with E-state index in [1.165, 1.54) is 12.5 Å². The molecule has 3 fully saturated rings. The van der Waals surface area contributed by atoms with Crippen molar-refractivity contribution in [2.75, 3.05) is 51.3 Å². The van der Waals surface area contributed by atoms with E-state index in [0.717, 1.165) is 84.6 Å². The molecule has 0 radical (unpaired) electrons. The number of nitriles is 1. The van der Waals surface area contributed by atoms with Crippen molar-refractivity contribution in [2.45, 2.75) is 32.2 Å². The molecular weight excluding hydrogens is 488 g/mol. The topological polar surface area (TPSA) is 77.6 Å². The van der Waals surface area contributed by atoms with Gasteiger partial charge in [-0.1, -0.05) is 18.7 Å². The Morgan fingerprint density at radius 2 is 2.08 bits per heavy atom. The number of likely N-dealkylation sites (tertiary alicyclic amines) is 2. The van der Waals surface area contributed by atoms with Gasteiger partial charge in [0.1, 0.15) is 18.4 Å². The molecule has 1 aromatic heterocycles. The Bertz CT molecular complexity index is 1490. The van der Waals surface area contributed by atoms with E-state index in [1.807, 2.05) is 28.9 Å². The van der Waals surface area contributed by atoms with E-state index in [1.54, 1.807) is 0 Å². The van der Waals surface area contributed by atoms with Gasteiger partial charge in [-0.25, -0.2) is 0 Å². The normalized spacial score (nSPS) is 20.4. The van der Waals surface area contributed by atoms with Crippen LogP contribution in [-0.2, 0) is 11.8 Å². The molecule has 0 bridgehead atoms. The summed E-state index contributed by atoms with van der Waals surface area (Å²) in [4.78, 5) is 18.7. The van der Waals surface area contributed by atoms with Crippen LogP contribution in [0.4, 0.5) is 5.69 Å².